The molecule has 4 nitrogen and oxygen atoms in total. The van der Waals surface area contributed by atoms with Crippen LogP contribution in [0, 0.1) is 0 Å². The molecule has 78 valence electrons. The van der Waals surface area contributed by atoms with E-state index in [-0.39, 0.29) is 6.61 Å². The summed E-state index contributed by atoms with van der Waals surface area (Å²) < 4.78 is 4.56. The largest absolute Gasteiger partial charge is 0.439 e. The lowest BCUT2D eigenvalue weighted by Gasteiger charge is -2.11. The number of halogens is 2. The van der Waals surface area contributed by atoms with E-state index in [0.717, 1.165) is 4.90 Å². The SMILES string of the molecule is O=C1COC(=O)N1c1cc(Cl)cc(Cl)c1. The monoisotopic (exact) mass is 245 g/mol. The third-order valence-electron chi connectivity index (χ3n) is 1.86. The number of benzene rings is 1. The molecule has 0 N–H and O–H groups in total. The molecule has 15 heavy (non-hydrogen) atoms. The van der Waals surface area contributed by atoms with Gasteiger partial charge in [-0.2, -0.15) is 0 Å². The van der Waals surface area contributed by atoms with Crippen LogP contribution in [-0.2, 0) is 9.53 Å². The van der Waals surface area contributed by atoms with E-state index >= 15 is 0 Å². The smallest absolute Gasteiger partial charge is 0.421 e. The molecule has 0 unspecified atom stereocenters. The summed E-state index contributed by atoms with van der Waals surface area (Å²) in [6, 6.07) is 4.45. The maximum Gasteiger partial charge on any atom is 0.421 e. The van der Waals surface area contributed by atoms with Crippen molar-refractivity contribution in [2.45, 2.75) is 0 Å². The summed E-state index contributed by atoms with van der Waals surface area (Å²) in [4.78, 5) is 23.4. The van der Waals surface area contributed by atoms with Crippen LogP contribution in [0.5, 0.6) is 0 Å². The molecule has 1 saturated heterocycles. The van der Waals surface area contributed by atoms with E-state index in [9.17, 15) is 9.59 Å². The van der Waals surface area contributed by atoms with Crippen LogP contribution in [0.2, 0.25) is 10.0 Å². The molecule has 1 aromatic carbocycles. The standard InChI is InChI=1S/C9H5Cl2NO3/c10-5-1-6(11)3-7(2-5)12-8(13)4-15-9(12)14/h1-3H,4H2. The van der Waals surface area contributed by atoms with Gasteiger partial charge in [0.15, 0.2) is 6.61 Å². The van der Waals surface area contributed by atoms with Crippen LogP contribution in [0.1, 0.15) is 0 Å². The van der Waals surface area contributed by atoms with E-state index in [1.165, 1.54) is 18.2 Å². The Morgan fingerprint density at radius 2 is 1.73 bits per heavy atom. The minimum Gasteiger partial charge on any atom is -0.439 e. The average molecular weight is 246 g/mol. The number of amides is 2. The van der Waals surface area contributed by atoms with Crippen molar-refractivity contribution >= 4 is 40.9 Å². The van der Waals surface area contributed by atoms with Crippen molar-refractivity contribution in [1.29, 1.82) is 0 Å². The Morgan fingerprint density at radius 3 is 2.20 bits per heavy atom. The minimum absolute atomic E-state index is 0.247. The number of nitrogens with zero attached hydrogens (tertiary/aromatic N) is 1. The Morgan fingerprint density at radius 1 is 1.13 bits per heavy atom. The lowest BCUT2D eigenvalue weighted by Crippen LogP contribution is -2.28. The number of anilines is 1. The number of carbonyl (C=O) groups excluding carboxylic acids is 2. The molecule has 1 heterocycles. The van der Waals surface area contributed by atoms with Gasteiger partial charge in [-0.15, -0.1) is 0 Å². The van der Waals surface area contributed by atoms with Crippen LogP contribution in [0.3, 0.4) is 0 Å². The number of rotatable bonds is 1. The summed E-state index contributed by atoms with van der Waals surface area (Å²) >= 11 is 11.5. The van der Waals surface area contributed by atoms with Crippen molar-refractivity contribution in [3.8, 4) is 0 Å². The Bertz CT molecular complexity index is 411. The summed E-state index contributed by atoms with van der Waals surface area (Å²) in [5.74, 6) is -0.432. The third-order valence-corrected chi connectivity index (χ3v) is 2.29. The first kappa shape index (κ1) is 10.3. The van der Waals surface area contributed by atoms with Crippen LogP contribution < -0.4 is 4.90 Å². The Hall–Kier alpha value is -1.26. The zero-order valence-corrected chi connectivity index (χ0v) is 8.88. The molecule has 0 aromatic heterocycles. The van der Waals surface area contributed by atoms with Crippen molar-refractivity contribution in [1.82, 2.24) is 0 Å². The van der Waals surface area contributed by atoms with Gasteiger partial charge in [0.25, 0.3) is 5.91 Å². The third kappa shape index (κ3) is 1.91. The van der Waals surface area contributed by atoms with Gasteiger partial charge in [0.2, 0.25) is 0 Å². The van der Waals surface area contributed by atoms with Gasteiger partial charge in [0, 0.05) is 10.0 Å². The Balaban J connectivity index is 2.44. The van der Waals surface area contributed by atoms with Crippen LogP contribution in [0.25, 0.3) is 0 Å². The lowest BCUT2D eigenvalue weighted by molar-refractivity contribution is -0.117. The van der Waals surface area contributed by atoms with E-state index < -0.39 is 12.0 Å². The van der Waals surface area contributed by atoms with Gasteiger partial charge in [-0.05, 0) is 18.2 Å². The van der Waals surface area contributed by atoms with Crippen molar-refractivity contribution in [2.75, 3.05) is 11.5 Å². The highest BCUT2D eigenvalue weighted by molar-refractivity contribution is 6.35. The minimum atomic E-state index is -0.710. The number of imide groups is 1. The quantitative estimate of drug-likeness (QED) is 0.764. The molecule has 1 aliphatic heterocycles. The van der Waals surface area contributed by atoms with Crippen molar-refractivity contribution in [2.24, 2.45) is 0 Å². The molecule has 0 atom stereocenters. The molecule has 1 aliphatic rings. The van der Waals surface area contributed by atoms with Gasteiger partial charge in [-0.3, -0.25) is 4.79 Å². The molecule has 1 aromatic rings. The predicted octanol–water partition coefficient (Wildman–Crippen LogP) is 2.48. The van der Waals surface area contributed by atoms with Crippen molar-refractivity contribution in [3.05, 3.63) is 28.2 Å². The summed E-state index contributed by atoms with van der Waals surface area (Å²) in [5.41, 5.74) is 0.319. The number of carbonyl (C=O) groups is 2. The number of cyclic esters (lactones) is 1. The highest BCUT2D eigenvalue weighted by atomic mass is 35.5. The van der Waals surface area contributed by atoms with Crippen LogP contribution in [-0.4, -0.2) is 18.6 Å². The zero-order valence-electron chi connectivity index (χ0n) is 7.37. The maximum atomic E-state index is 11.3. The normalized spacial score (nSPS) is 15.7. The second kappa shape index (κ2) is 3.72. The summed E-state index contributed by atoms with van der Waals surface area (Å²) in [6.45, 7) is -0.247. The molecule has 2 amide bonds. The summed E-state index contributed by atoms with van der Waals surface area (Å²) in [7, 11) is 0. The number of hydrogen-bond donors (Lipinski definition) is 0. The fraction of sp³-hybridized carbons (Fsp3) is 0.111. The lowest BCUT2D eigenvalue weighted by atomic mass is 10.3. The van der Waals surface area contributed by atoms with E-state index in [0.29, 0.717) is 15.7 Å². The highest BCUT2D eigenvalue weighted by Gasteiger charge is 2.32. The van der Waals surface area contributed by atoms with Gasteiger partial charge in [0.05, 0.1) is 5.69 Å². The van der Waals surface area contributed by atoms with Gasteiger partial charge >= 0.3 is 6.09 Å². The van der Waals surface area contributed by atoms with Gasteiger partial charge in [-0.1, -0.05) is 23.2 Å². The van der Waals surface area contributed by atoms with E-state index in [2.05, 4.69) is 4.74 Å². The van der Waals surface area contributed by atoms with E-state index in [1.807, 2.05) is 0 Å². The first-order valence-corrected chi connectivity index (χ1v) is 4.79. The van der Waals surface area contributed by atoms with Gasteiger partial charge in [-0.25, -0.2) is 9.69 Å². The number of hydrogen-bond acceptors (Lipinski definition) is 3. The molecule has 0 saturated carbocycles. The Labute approximate surface area is 95.3 Å². The molecule has 0 radical (unpaired) electrons. The molecule has 0 aliphatic carbocycles. The van der Waals surface area contributed by atoms with Crippen LogP contribution >= 0.6 is 23.2 Å². The predicted molar refractivity (Wildman–Crippen MR) is 55.3 cm³/mol. The molecule has 2 rings (SSSR count). The fourth-order valence-electron chi connectivity index (χ4n) is 1.27. The maximum absolute atomic E-state index is 11.3. The molecule has 0 spiro atoms. The molecule has 0 bridgehead atoms. The average Bonchev–Trinajstić information content (AvgIpc) is 2.44. The van der Waals surface area contributed by atoms with Crippen LogP contribution in [0.15, 0.2) is 18.2 Å². The van der Waals surface area contributed by atoms with Crippen LogP contribution in [0.4, 0.5) is 10.5 Å². The number of ether oxygens (including phenoxy) is 1. The van der Waals surface area contributed by atoms with Crippen molar-refractivity contribution < 1.29 is 14.3 Å². The first-order chi connectivity index (χ1) is 7.08. The second-order valence-corrected chi connectivity index (χ2v) is 3.78. The zero-order chi connectivity index (χ0) is 11.0. The van der Waals surface area contributed by atoms with E-state index in [1.54, 1.807) is 0 Å². The Kier molecular flexibility index (Phi) is 2.54. The van der Waals surface area contributed by atoms with Crippen molar-refractivity contribution in [3.63, 3.8) is 0 Å². The fourth-order valence-corrected chi connectivity index (χ4v) is 1.79. The topological polar surface area (TPSA) is 46.6 Å². The molecular formula is C9H5Cl2NO3. The molecule has 1 fully saturated rings. The van der Waals surface area contributed by atoms with Gasteiger partial charge < -0.3 is 4.74 Å². The highest BCUT2D eigenvalue weighted by Crippen LogP contribution is 2.27. The molecular weight excluding hydrogens is 241 g/mol. The summed E-state index contributed by atoms with van der Waals surface area (Å²) in [6.07, 6.45) is -0.710. The van der Waals surface area contributed by atoms with E-state index in [4.69, 9.17) is 23.2 Å². The molecule has 6 heteroatoms. The summed E-state index contributed by atoms with van der Waals surface area (Å²) in [5, 5.41) is 0.704. The van der Waals surface area contributed by atoms with Gasteiger partial charge in [0.1, 0.15) is 0 Å². The second-order valence-electron chi connectivity index (χ2n) is 2.91. The first-order valence-electron chi connectivity index (χ1n) is 4.04.